The van der Waals surface area contributed by atoms with Crippen LogP contribution in [0.25, 0.3) is 10.9 Å². The van der Waals surface area contributed by atoms with E-state index in [2.05, 4.69) is 56.2 Å². The van der Waals surface area contributed by atoms with Crippen molar-refractivity contribution >= 4 is 10.9 Å². The zero-order valence-electron chi connectivity index (χ0n) is 14.2. The summed E-state index contributed by atoms with van der Waals surface area (Å²) in [5.74, 6) is 0.674. The summed E-state index contributed by atoms with van der Waals surface area (Å²) in [4.78, 5) is 7.40. The predicted octanol–water partition coefficient (Wildman–Crippen LogP) is 3.28. The normalized spacial score (nSPS) is 15.5. The van der Waals surface area contributed by atoms with Crippen LogP contribution in [0.2, 0.25) is 0 Å². The molecular weight excluding hydrogens is 270 g/mol. The molecule has 0 fully saturated rings. The number of aromatic nitrogens is 1. The molecule has 0 saturated carbocycles. The molecule has 0 bridgehead atoms. The van der Waals surface area contributed by atoms with Crippen molar-refractivity contribution in [1.82, 2.24) is 15.2 Å². The Bertz CT molecular complexity index is 676. The molecular formula is C19H27N3. The number of nitrogens with one attached hydrogen (secondary N) is 1. The quantitative estimate of drug-likeness (QED) is 0.939. The molecule has 0 aliphatic carbocycles. The molecule has 1 aliphatic heterocycles. The Morgan fingerprint density at radius 3 is 2.91 bits per heavy atom. The molecule has 1 aromatic carbocycles. The summed E-state index contributed by atoms with van der Waals surface area (Å²) in [6.07, 6.45) is 1.06. The SMILES string of the molecule is Cc1cccc2c(CNCC(C)C)c3c(nc12)CCN(C)C3. The van der Waals surface area contributed by atoms with Crippen LogP contribution >= 0.6 is 0 Å². The van der Waals surface area contributed by atoms with Gasteiger partial charge in [-0.2, -0.15) is 0 Å². The van der Waals surface area contributed by atoms with Gasteiger partial charge in [-0.1, -0.05) is 32.0 Å². The number of likely N-dealkylation sites (N-methyl/N-ethyl adjacent to an activating group) is 1. The number of benzene rings is 1. The van der Waals surface area contributed by atoms with Crippen LogP contribution < -0.4 is 5.32 Å². The second-order valence-electron chi connectivity index (χ2n) is 7.00. The average Bonchev–Trinajstić information content (AvgIpc) is 2.47. The molecule has 2 aromatic rings. The van der Waals surface area contributed by atoms with E-state index in [1.54, 1.807) is 0 Å². The van der Waals surface area contributed by atoms with Crippen LogP contribution in [0.1, 0.15) is 36.2 Å². The summed E-state index contributed by atoms with van der Waals surface area (Å²) in [7, 11) is 2.20. The molecule has 0 saturated heterocycles. The number of hydrogen-bond donors (Lipinski definition) is 1. The van der Waals surface area contributed by atoms with Crippen molar-refractivity contribution in [2.45, 2.75) is 40.3 Å². The molecule has 1 aromatic heterocycles. The van der Waals surface area contributed by atoms with Gasteiger partial charge in [0.05, 0.1) is 5.52 Å². The number of fused-ring (bicyclic) bond motifs is 2. The van der Waals surface area contributed by atoms with Gasteiger partial charge < -0.3 is 10.2 Å². The fourth-order valence-corrected chi connectivity index (χ4v) is 3.32. The Balaban J connectivity index is 2.08. The fourth-order valence-electron chi connectivity index (χ4n) is 3.32. The molecule has 2 heterocycles. The lowest BCUT2D eigenvalue weighted by Gasteiger charge is -2.28. The monoisotopic (exact) mass is 297 g/mol. The number of para-hydroxylation sites is 1. The van der Waals surface area contributed by atoms with Gasteiger partial charge in [-0.3, -0.25) is 4.98 Å². The lowest BCUT2D eigenvalue weighted by atomic mass is 9.94. The lowest BCUT2D eigenvalue weighted by Crippen LogP contribution is -2.30. The van der Waals surface area contributed by atoms with Crippen molar-refractivity contribution in [2.75, 3.05) is 20.1 Å². The van der Waals surface area contributed by atoms with Gasteiger partial charge >= 0.3 is 0 Å². The lowest BCUT2D eigenvalue weighted by molar-refractivity contribution is 0.308. The van der Waals surface area contributed by atoms with Gasteiger partial charge in [0.25, 0.3) is 0 Å². The molecule has 0 atom stereocenters. The van der Waals surface area contributed by atoms with E-state index >= 15 is 0 Å². The van der Waals surface area contributed by atoms with E-state index in [0.717, 1.165) is 32.6 Å². The first-order valence-corrected chi connectivity index (χ1v) is 8.35. The molecule has 0 unspecified atom stereocenters. The number of aryl methyl sites for hydroxylation is 1. The molecule has 1 N–H and O–H groups in total. The minimum absolute atomic E-state index is 0.674. The topological polar surface area (TPSA) is 28.2 Å². The first-order chi connectivity index (χ1) is 10.6. The maximum Gasteiger partial charge on any atom is 0.0737 e. The number of hydrogen-bond acceptors (Lipinski definition) is 3. The Kier molecular flexibility index (Phi) is 4.46. The van der Waals surface area contributed by atoms with Gasteiger partial charge in [-0.05, 0) is 43.1 Å². The number of nitrogens with zero attached hydrogens (tertiary/aromatic N) is 2. The maximum absolute atomic E-state index is 5.00. The Labute approximate surface area is 133 Å². The summed E-state index contributed by atoms with van der Waals surface area (Å²) in [6, 6.07) is 6.56. The summed E-state index contributed by atoms with van der Waals surface area (Å²) in [5.41, 5.74) is 6.68. The molecule has 1 aliphatic rings. The van der Waals surface area contributed by atoms with Crippen molar-refractivity contribution < 1.29 is 0 Å². The average molecular weight is 297 g/mol. The van der Waals surface area contributed by atoms with Crippen LogP contribution in [0.5, 0.6) is 0 Å². The third-order valence-corrected chi connectivity index (χ3v) is 4.53. The van der Waals surface area contributed by atoms with E-state index in [1.165, 1.54) is 33.3 Å². The van der Waals surface area contributed by atoms with E-state index in [9.17, 15) is 0 Å². The molecule has 3 nitrogen and oxygen atoms in total. The van der Waals surface area contributed by atoms with E-state index in [4.69, 9.17) is 4.98 Å². The highest BCUT2D eigenvalue weighted by Crippen LogP contribution is 2.29. The Hall–Kier alpha value is -1.45. The molecule has 118 valence electrons. The van der Waals surface area contributed by atoms with E-state index in [-0.39, 0.29) is 0 Å². The van der Waals surface area contributed by atoms with Crippen LogP contribution in [0.15, 0.2) is 18.2 Å². The summed E-state index contributed by atoms with van der Waals surface area (Å²) in [5, 5.41) is 4.96. The van der Waals surface area contributed by atoms with Crippen LogP contribution in [0.4, 0.5) is 0 Å². The minimum atomic E-state index is 0.674. The smallest absolute Gasteiger partial charge is 0.0737 e. The van der Waals surface area contributed by atoms with E-state index < -0.39 is 0 Å². The van der Waals surface area contributed by atoms with Crippen molar-refractivity contribution in [3.05, 3.63) is 40.6 Å². The maximum atomic E-state index is 5.00. The fraction of sp³-hybridized carbons (Fsp3) is 0.526. The number of rotatable bonds is 4. The molecule has 0 spiro atoms. The molecule has 0 amide bonds. The predicted molar refractivity (Wildman–Crippen MR) is 93.1 cm³/mol. The first-order valence-electron chi connectivity index (χ1n) is 8.35. The van der Waals surface area contributed by atoms with Gasteiger partial charge in [-0.25, -0.2) is 0 Å². The minimum Gasteiger partial charge on any atom is -0.312 e. The van der Waals surface area contributed by atoms with Gasteiger partial charge in [-0.15, -0.1) is 0 Å². The Morgan fingerprint density at radius 2 is 2.14 bits per heavy atom. The Morgan fingerprint density at radius 1 is 1.32 bits per heavy atom. The van der Waals surface area contributed by atoms with Gasteiger partial charge in [0.15, 0.2) is 0 Å². The van der Waals surface area contributed by atoms with Crippen molar-refractivity contribution in [2.24, 2.45) is 5.92 Å². The second-order valence-corrected chi connectivity index (χ2v) is 7.00. The zero-order chi connectivity index (χ0) is 15.7. The zero-order valence-corrected chi connectivity index (χ0v) is 14.2. The number of pyridine rings is 1. The third-order valence-electron chi connectivity index (χ3n) is 4.53. The van der Waals surface area contributed by atoms with E-state index in [1.807, 2.05) is 0 Å². The molecule has 22 heavy (non-hydrogen) atoms. The van der Waals surface area contributed by atoms with Gasteiger partial charge in [0.2, 0.25) is 0 Å². The van der Waals surface area contributed by atoms with Crippen LogP contribution in [0.3, 0.4) is 0 Å². The van der Waals surface area contributed by atoms with Crippen molar-refractivity contribution in [3.63, 3.8) is 0 Å². The van der Waals surface area contributed by atoms with Crippen LogP contribution in [-0.4, -0.2) is 30.0 Å². The molecule has 0 radical (unpaired) electrons. The van der Waals surface area contributed by atoms with E-state index in [0.29, 0.717) is 5.92 Å². The highest BCUT2D eigenvalue weighted by Gasteiger charge is 2.20. The standard InChI is InChI=1S/C19H27N3/c1-13(2)10-20-11-16-15-7-5-6-14(3)19(15)21-18-8-9-22(4)12-17(16)18/h5-7,13,20H,8-12H2,1-4H3. The highest BCUT2D eigenvalue weighted by molar-refractivity contribution is 5.86. The molecule has 3 heteroatoms. The first kappa shape index (κ1) is 15.4. The van der Waals surface area contributed by atoms with Crippen LogP contribution in [0, 0.1) is 12.8 Å². The summed E-state index contributed by atoms with van der Waals surface area (Å²) >= 11 is 0. The highest BCUT2D eigenvalue weighted by atomic mass is 15.1. The summed E-state index contributed by atoms with van der Waals surface area (Å²) in [6.45, 7) is 10.8. The van der Waals surface area contributed by atoms with Crippen LogP contribution in [-0.2, 0) is 19.5 Å². The second kappa shape index (κ2) is 6.35. The van der Waals surface area contributed by atoms with Crippen molar-refractivity contribution in [1.29, 1.82) is 0 Å². The summed E-state index contributed by atoms with van der Waals surface area (Å²) < 4.78 is 0. The molecule has 3 rings (SSSR count). The van der Waals surface area contributed by atoms with Gasteiger partial charge in [0, 0.05) is 37.1 Å². The third kappa shape index (κ3) is 3.01. The van der Waals surface area contributed by atoms with Gasteiger partial charge in [0.1, 0.15) is 0 Å². The largest absolute Gasteiger partial charge is 0.312 e. The van der Waals surface area contributed by atoms with Crippen molar-refractivity contribution in [3.8, 4) is 0 Å².